The van der Waals surface area contributed by atoms with Gasteiger partial charge in [-0.1, -0.05) is 55.0 Å². The van der Waals surface area contributed by atoms with Gasteiger partial charge >= 0.3 is 0 Å². The van der Waals surface area contributed by atoms with E-state index in [-0.39, 0.29) is 0 Å². The number of piperidine rings is 1. The van der Waals surface area contributed by atoms with Gasteiger partial charge in [0.1, 0.15) is 12.4 Å². The number of hydrogen-bond acceptors (Lipinski definition) is 2. The average molecular weight is 323 g/mol. The summed E-state index contributed by atoms with van der Waals surface area (Å²) in [4.78, 5) is 2.60. The van der Waals surface area contributed by atoms with Crippen LogP contribution in [0.15, 0.2) is 54.6 Å². The zero-order valence-electron chi connectivity index (χ0n) is 14.9. The summed E-state index contributed by atoms with van der Waals surface area (Å²) >= 11 is 0. The molecule has 1 saturated heterocycles. The standard InChI is InChI=1S/C22H29NO/c1-18-10-8-9-15-23(18)19(2)17-24-22-14-7-6-13-21(22)16-20-11-4-3-5-12-20/h3-7,11-14,18-19H,8-10,15-17H2,1-2H3/t18?,19-/m1/s1. The second-order valence-electron chi connectivity index (χ2n) is 7.01. The summed E-state index contributed by atoms with van der Waals surface area (Å²) in [5.41, 5.74) is 2.59. The van der Waals surface area contributed by atoms with Gasteiger partial charge in [0.05, 0.1) is 0 Å². The molecule has 2 aromatic rings. The molecule has 0 amide bonds. The lowest BCUT2D eigenvalue weighted by Gasteiger charge is -2.37. The molecule has 1 unspecified atom stereocenters. The molecule has 0 spiro atoms. The molecule has 24 heavy (non-hydrogen) atoms. The molecular weight excluding hydrogens is 294 g/mol. The number of hydrogen-bond donors (Lipinski definition) is 0. The van der Waals surface area contributed by atoms with Crippen molar-refractivity contribution in [3.63, 3.8) is 0 Å². The minimum atomic E-state index is 0.463. The van der Waals surface area contributed by atoms with Gasteiger partial charge in [-0.05, 0) is 50.4 Å². The minimum absolute atomic E-state index is 0.463. The zero-order valence-corrected chi connectivity index (χ0v) is 14.9. The van der Waals surface area contributed by atoms with E-state index < -0.39 is 0 Å². The van der Waals surface area contributed by atoms with E-state index >= 15 is 0 Å². The first-order valence-electron chi connectivity index (χ1n) is 9.24. The largest absolute Gasteiger partial charge is 0.492 e. The van der Waals surface area contributed by atoms with Crippen LogP contribution in [0.1, 0.15) is 44.2 Å². The SMILES string of the molecule is CC1CCCCN1[C@H](C)COc1ccccc1Cc1ccccc1. The van der Waals surface area contributed by atoms with Gasteiger partial charge in [0.2, 0.25) is 0 Å². The predicted molar refractivity (Wildman–Crippen MR) is 101 cm³/mol. The van der Waals surface area contributed by atoms with Crippen LogP contribution in [0.3, 0.4) is 0 Å². The van der Waals surface area contributed by atoms with Crippen LogP contribution in [0, 0.1) is 0 Å². The van der Waals surface area contributed by atoms with Crippen molar-refractivity contribution in [2.45, 2.75) is 51.6 Å². The Morgan fingerprint density at radius 2 is 1.79 bits per heavy atom. The van der Waals surface area contributed by atoms with Crippen molar-refractivity contribution in [2.24, 2.45) is 0 Å². The molecular formula is C22H29NO. The monoisotopic (exact) mass is 323 g/mol. The van der Waals surface area contributed by atoms with Gasteiger partial charge < -0.3 is 4.74 Å². The van der Waals surface area contributed by atoms with Gasteiger partial charge in [-0.15, -0.1) is 0 Å². The summed E-state index contributed by atoms with van der Waals surface area (Å²) in [7, 11) is 0. The fourth-order valence-electron chi connectivity index (χ4n) is 3.69. The summed E-state index contributed by atoms with van der Waals surface area (Å²) in [6.45, 7) is 6.61. The van der Waals surface area contributed by atoms with Crippen LogP contribution < -0.4 is 4.74 Å². The van der Waals surface area contributed by atoms with E-state index in [0.717, 1.165) is 18.8 Å². The number of nitrogens with zero attached hydrogens (tertiary/aromatic N) is 1. The lowest BCUT2D eigenvalue weighted by Crippen LogP contribution is -2.46. The Bertz CT molecular complexity index is 625. The van der Waals surface area contributed by atoms with Crippen molar-refractivity contribution in [1.82, 2.24) is 4.90 Å². The Labute approximate surface area is 146 Å². The van der Waals surface area contributed by atoms with E-state index in [4.69, 9.17) is 4.74 Å². The van der Waals surface area contributed by atoms with Gasteiger partial charge in [0, 0.05) is 18.5 Å². The maximum Gasteiger partial charge on any atom is 0.122 e. The quantitative estimate of drug-likeness (QED) is 0.748. The van der Waals surface area contributed by atoms with Crippen LogP contribution in [-0.4, -0.2) is 30.1 Å². The third kappa shape index (κ3) is 4.39. The van der Waals surface area contributed by atoms with E-state index in [9.17, 15) is 0 Å². The van der Waals surface area contributed by atoms with Crippen LogP contribution in [0.4, 0.5) is 0 Å². The van der Waals surface area contributed by atoms with Crippen molar-refractivity contribution < 1.29 is 4.74 Å². The first-order chi connectivity index (χ1) is 11.7. The lowest BCUT2D eigenvalue weighted by atomic mass is 10.0. The predicted octanol–water partition coefficient (Wildman–Crippen LogP) is 4.92. The third-order valence-corrected chi connectivity index (χ3v) is 5.11. The highest BCUT2D eigenvalue weighted by atomic mass is 16.5. The minimum Gasteiger partial charge on any atom is -0.492 e. The number of ether oxygens (including phenoxy) is 1. The molecule has 0 bridgehead atoms. The average Bonchev–Trinajstić information content (AvgIpc) is 2.62. The van der Waals surface area contributed by atoms with Gasteiger partial charge in [0.15, 0.2) is 0 Å². The molecule has 2 atom stereocenters. The van der Waals surface area contributed by atoms with E-state index in [0.29, 0.717) is 12.1 Å². The normalized spacial score (nSPS) is 19.8. The number of rotatable bonds is 6. The molecule has 1 fully saturated rings. The molecule has 1 heterocycles. The highest BCUT2D eigenvalue weighted by molar-refractivity contribution is 5.37. The third-order valence-electron chi connectivity index (χ3n) is 5.11. The summed E-state index contributed by atoms with van der Waals surface area (Å²) < 4.78 is 6.23. The molecule has 2 heteroatoms. The van der Waals surface area contributed by atoms with Crippen LogP contribution in [0.5, 0.6) is 5.75 Å². The van der Waals surface area contributed by atoms with Crippen LogP contribution in [0.2, 0.25) is 0 Å². The Morgan fingerprint density at radius 1 is 1.04 bits per heavy atom. The molecule has 2 aromatic carbocycles. The molecule has 1 aliphatic rings. The summed E-state index contributed by atoms with van der Waals surface area (Å²) in [6.07, 6.45) is 4.92. The lowest BCUT2D eigenvalue weighted by molar-refractivity contribution is 0.0814. The fraction of sp³-hybridized carbons (Fsp3) is 0.455. The van der Waals surface area contributed by atoms with Crippen molar-refractivity contribution in [3.05, 3.63) is 65.7 Å². The maximum absolute atomic E-state index is 6.23. The maximum atomic E-state index is 6.23. The Hall–Kier alpha value is -1.80. The Morgan fingerprint density at radius 3 is 2.58 bits per heavy atom. The molecule has 0 N–H and O–H groups in total. The number of para-hydroxylation sites is 1. The smallest absolute Gasteiger partial charge is 0.122 e. The summed E-state index contributed by atoms with van der Waals surface area (Å²) in [5.74, 6) is 1.03. The molecule has 3 rings (SSSR count). The van der Waals surface area contributed by atoms with Crippen molar-refractivity contribution in [3.8, 4) is 5.75 Å². The summed E-state index contributed by atoms with van der Waals surface area (Å²) in [5, 5.41) is 0. The molecule has 128 valence electrons. The van der Waals surface area contributed by atoms with E-state index in [2.05, 4.69) is 73.3 Å². The second kappa shape index (κ2) is 8.34. The Kier molecular flexibility index (Phi) is 5.92. The molecule has 0 radical (unpaired) electrons. The molecule has 1 aliphatic heterocycles. The van der Waals surface area contributed by atoms with Crippen LogP contribution in [0.25, 0.3) is 0 Å². The molecule has 0 saturated carbocycles. The van der Waals surface area contributed by atoms with E-state index in [1.54, 1.807) is 0 Å². The molecule has 2 nitrogen and oxygen atoms in total. The summed E-state index contributed by atoms with van der Waals surface area (Å²) in [6, 6.07) is 20.2. The van der Waals surface area contributed by atoms with Gasteiger partial charge in [-0.25, -0.2) is 0 Å². The first-order valence-corrected chi connectivity index (χ1v) is 9.24. The zero-order chi connectivity index (χ0) is 16.8. The van der Waals surface area contributed by atoms with Gasteiger partial charge in [-0.3, -0.25) is 4.90 Å². The van der Waals surface area contributed by atoms with Crippen molar-refractivity contribution in [2.75, 3.05) is 13.2 Å². The fourth-order valence-corrected chi connectivity index (χ4v) is 3.69. The highest BCUT2D eigenvalue weighted by Gasteiger charge is 2.23. The number of benzene rings is 2. The second-order valence-corrected chi connectivity index (χ2v) is 7.01. The highest BCUT2D eigenvalue weighted by Crippen LogP contribution is 2.23. The topological polar surface area (TPSA) is 12.5 Å². The van der Waals surface area contributed by atoms with Crippen LogP contribution >= 0.6 is 0 Å². The number of likely N-dealkylation sites (tertiary alicyclic amines) is 1. The van der Waals surface area contributed by atoms with Crippen molar-refractivity contribution >= 4 is 0 Å². The Balaban J connectivity index is 1.63. The van der Waals surface area contributed by atoms with Gasteiger partial charge in [0.25, 0.3) is 0 Å². The molecule has 0 aromatic heterocycles. The van der Waals surface area contributed by atoms with Crippen LogP contribution in [-0.2, 0) is 6.42 Å². The van der Waals surface area contributed by atoms with E-state index in [1.807, 2.05) is 0 Å². The first kappa shape index (κ1) is 17.0. The van der Waals surface area contributed by atoms with E-state index in [1.165, 1.54) is 36.9 Å². The molecule has 0 aliphatic carbocycles. The van der Waals surface area contributed by atoms with Gasteiger partial charge in [-0.2, -0.15) is 0 Å². The van der Waals surface area contributed by atoms with Crippen molar-refractivity contribution in [1.29, 1.82) is 0 Å².